The molecule has 0 bridgehead atoms. The highest BCUT2D eigenvalue weighted by Gasteiger charge is 2.36. The molecule has 6 nitrogen and oxygen atoms in total. The van der Waals surface area contributed by atoms with Gasteiger partial charge in [0.15, 0.2) is 0 Å². The van der Waals surface area contributed by atoms with Crippen LogP contribution in [0, 0.1) is 10.1 Å². The molecule has 1 heterocycles. The standard InChI is InChI=1S/C13H11F3N4O2/c1-19(8-9-7-17-4-5-18-9)12-3-2-10(20(21)22)6-11(12)13(14,15)16/h2-7H,8H2,1H3. The van der Waals surface area contributed by atoms with Crippen molar-refractivity contribution in [3.8, 4) is 0 Å². The summed E-state index contributed by atoms with van der Waals surface area (Å²) in [5.74, 6) is 0. The van der Waals surface area contributed by atoms with E-state index in [1.54, 1.807) is 0 Å². The van der Waals surface area contributed by atoms with Gasteiger partial charge < -0.3 is 4.90 Å². The number of nitrogens with zero attached hydrogens (tertiary/aromatic N) is 4. The molecule has 0 saturated carbocycles. The number of nitro groups is 1. The third kappa shape index (κ3) is 3.48. The highest BCUT2D eigenvalue weighted by atomic mass is 19.4. The first kappa shape index (κ1) is 15.7. The molecular weight excluding hydrogens is 301 g/mol. The zero-order chi connectivity index (χ0) is 16.3. The van der Waals surface area contributed by atoms with E-state index in [-0.39, 0.29) is 12.2 Å². The van der Waals surface area contributed by atoms with Gasteiger partial charge in [-0.15, -0.1) is 0 Å². The quantitative estimate of drug-likeness (QED) is 0.641. The van der Waals surface area contributed by atoms with E-state index >= 15 is 0 Å². The number of aromatic nitrogens is 2. The molecule has 0 aliphatic heterocycles. The summed E-state index contributed by atoms with van der Waals surface area (Å²) in [5, 5.41) is 10.7. The predicted octanol–water partition coefficient (Wildman–Crippen LogP) is 3.04. The first-order chi connectivity index (χ1) is 10.3. The van der Waals surface area contributed by atoms with Crippen LogP contribution < -0.4 is 4.90 Å². The molecule has 1 aromatic heterocycles. The van der Waals surface area contributed by atoms with Crippen molar-refractivity contribution in [3.05, 3.63) is 58.2 Å². The van der Waals surface area contributed by atoms with Crippen LogP contribution in [0.3, 0.4) is 0 Å². The highest BCUT2D eigenvalue weighted by Crippen LogP contribution is 2.38. The zero-order valence-corrected chi connectivity index (χ0v) is 11.4. The van der Waals surface area contributed by atoms with Crippen molar-refractivity contribution in [3.63, 3.8) is 0 Å². The number of hydrogen-bond donors (Lipinski definition) is 0. The normalized spacial score (nSPS) is 11.3. The lowest BCUT2D eigenvalue weighted by molar-refractivity contribution is -0.385. The van der Waals surface area contributed by atoms with Gasteiger partial charge in [0.25, 0.3) is 5.69 Å². The summed E-state index contributed by atoms with van der Waals surface area (Å²) < 4.78 is 39.3. The van der Waals surface area contributed by atoms with Crippen LogP contribution in [0.5, 0.6) is 0 Å². The van der Waals surface area contributed by atoms with Crippen molar-refractivity contribution in [1.29, 1.82) is 0 Å². The molecule has 0 N–H and O–H groups in total. The molecule has 2 rings (SSSR count). The Morgan fingerprint density at radius 2 is 2.05 bits per heavy atom. The Morgan fingerprint density at radius 3 is 2.59 bits per heavy atom. The number of benzene rings is 1. The van der Waals surface area contributed by atoms with E-state index in [0.717, 1.165) is 12.1 Å². The van der Waals surface area contributed by atoms with Gasteiger partial charge in [-0.25, -0.2) is 0 Å². The minimum Gasteiger partial charge on any atom is -0.368 e. The van der Waals surface area contributed by atoms with Crippen LogP contribution in [0.25, 0.3) is 0 Å². The van der Waals surface area contributed by atoms with E-state index in [2.05, 4.69) is 9.97 Å². The fourth-order valence-electron chi connectivity index (χ4n) is 1.94. The van der Waals surface area contributed by atoms with Crippen LogP contribution >= 0.6 is 0 Å². The lowest BCUT2D eigenvalue weighted by Crippen LogP contribution is -2.21. The summed E-state index contributed by atoms with van der Waals surface area (Å²) >= 11 is 0. The van der Waals surface area contributed by atoms with E-state index < -0.39 is 22.4 Å². The van der Waals surface area contributed by atoms with Crippen LogP contribution in [-0.4, -0.2) is 21.9 Å². The monoisotopic (exact) mass is 312 g/mol. The Kier molecular flexibility index (Phi) is 4.25. The van der Waals surface area contributed by atoms with E-state index in [9.17, 15) is 23.3 Å². The lowest BCUT2D eigenvalue weighted by Gasteiger charge is -2.22. The molecule has 0 spiro atoms. The molecule has 2 aromatic rings. The maximum atomic E-state index is 13.1. The molecule has 0 atom stereocenters. The zero-order valence-electron chi connectivity index (χ0n) is 11.4. The van der Waals surface area contributed by atoms with Gasteiger partial charge in [0.05, 0.1) is 28.9 Å². The summed E-state index contributed by atoms with van der Waals surface area (Å²) in [4.78, 5) is 18.9. The Hall–Kier alpha value is -2.71. The van der Waals surface area contributed by atoms with Gasteiger partial charge in [-0.05, 0) is 6.07 Å². The summed E-state index contributed by atoms with van der Waals surface area (Å²) in [6.45, 7) is 0.0920. The van der Waals surface area contributed by atoms with Gasteiger partial charge in [-0.2, -0.15) is 13.2 Å². The largest absolute Gasteiger partial charge is 0.418 e. The second-order valence-electron chi connectivity index (χ2n) is 4.51. The van der Waals surface area contributed by atoms with Crippen molar-refractivity contribution in [2.45, 2.75) is 12.7 Å². The average molecular weight is 312 g/mol. The number of nitro benzene ring substituents is 1. The molecule has 22 heavy (non-hydrogen) atoms. The number of rotatable bonds is 4. The van der Waals surface area contributed by atoms with E-state index in [1.807, 2.05) is 0 Å². The Balaban J connectivity index is 2.39. The minimum absolute atomic E-state index is 0.0920. The number of non-ortho nitro benzene ring substituents is 1. The summed E-state index contributed by atoms with van der Waals surface area (Å²) in [6, 6.07) is 2.65. The summed E-state index contributed by atoms with van der Waals surface area (Å²) in [6.07, 6.45) is -0.368. The SMILES string of the molecule is CN(Cc1cnccn1)c1ccc([N+](=O)[O-])cc1C(F)(F)F. The molecule has 1 aromatic carbocycles. The average Bonchev–Trinajstić information content (AvgIpc) is 2.46. The number of hydrogen-bond acceptors (Lipinski definition) is 5. The number of halogens is 3. The van der Waals surface area contributed by atoms with Gasteiger partial charge in [0.2, 0.25) is 0 Å². The Labute approximate surface area is 123 Å². The number of anilines is 1. The smallest absolute Gasteiger partial charge is 0.368 e. The fourth-order valence-corrected chi connectivity index (χ4v) is 1.94. The van der Waals surface area contributed by atoms with Crippen molar-refractivity contribution in [1.82, 2.24) is 9.97 Å². The van der Waals surface area contributed by atoms with E-state index in [4.69, 9.17) is 0 Å². The third-order valence-corrected chi connectivity index (χ3v) is 2.92. The highest BCUT2D eigenvalue weighted by molar-refractivity contribution is 5.58. The summed E-state index contributed by atoms with van der Waals surface area (Å²) in [7, 11) is 1.45. The molecule has 0 saturated heterocycles. The van der Waals surface area contributed by atoms with Crippen LogP contribution in [0.15, 0.2) is 36.8 Å². The molecule has 0 aliphatic rings. The topological polar surface area (TPSA) is 72.2 Å². The molecule has 116 valence electrons. The first-order valence-corrected chi connectivity index (χ1v) is 6.10. The molecule has 0 radical (unpaired) electrons. The van der Waals surface area contributed by atoms with Gasteiger partial charge in [0, 0.05) is 37.3 Å². The molecule has 0 amide bonds. The second kappa shape index (κ2) is 5.96. The van der Waals surface area contributed by atoms with Crippen molar-refractivity contribution in [2.24, 2.45) is 0 Å². The van der Waals surface area contributed by atoms with Crippen LogP contribution in [0.1, 0.15) is 11.3 Å². The van der Waals surface area contributed by atoms with Gasteiger partial charge in [-0.1, -0.05) is 0 Å². The maximum Gasteiger partial charge on any atom is 0.418 e. The number of alkyl halides is 3. The van der Waals surface area contributed by atoms with Crippen LogP contribution in [0.4, 0.5) is 24.5 Å². The second-order valence-corrected chi connectivity index (χ2v) is 4.51. The lowest BCUT2D eigenvalue weighted by atomic mass is 10.1. The molecule has 0 unspecified atom stereocenters. The van der Waals surface area contributed by atoms with E-state index in [0.29, 0.717) is 11.8 Å². The molecule has 0 fully saturated rings. The maximum absolute atomic E-state index is 13.1. The van der Waals surface area contributed by atoms with Crippen molar-refractivity contribution < 1.29 is 18.1 Å². The molecule has 0 aliphatic carbocycles. The van der Waals surface area contributed by atoms with Crippen LogP contribution in [-0.2, 0) is 12.7 Å². The Morgan fingerprint density at radius 1 is 1.32 bits per heavy atom. The van der Waals surface area contributed by atoms with Crippen molar-refractivity contribution in [2.75, 3.05) is 11.9 Å². The molecule has 9 heteroatoms. The van der Waals surface area contributed by atoms with Gasteiger partial charge in [-0.3, -0.25) is 20.1 Å². The van der Waals surface area contributed by atoms with Crippen LogP contribution in [0.2, 0.25) is 0 Å². The molecular formula is C13H11F3N4O2. The van der Waals surface area contributed by atoms with Gasteiger partial charge in [0.1, 0.15) is 0 Å². The van der Waals surface area contributed by atoms with E-state index in [1.165, 1.54) is 30.5 Å². The minimum atomic E-state index is -4.70. The predicted molar refractivity (Wildman–Crippen MR) is 72.2 cm³/mol. The third-order valence-electron chi connectivity index (χ3n) is 2.92. The first-order valence-electron chi connectivity index (χ1n) is 6.10. The van der Waals surface area contributed by atoms with Gasteiger partial charge >= 0.3 is 6.18 Å². The Bertz CT molecular complexity index is 677. The summed E-state index contributed by atoms with van der Waals surface area (Å²) in [5.41, 5.74) is -1.35. The fraction of sp³-hybridized carbons (Fsp3) is 0.231. The van der Waals surface area contributed by atoms with Crippen molar-refractivity contribution >= 4 is 11.4 Å².